The average molecular weight is 364 g/mol. The molecule has 2 aromatic carbocycles. The largest absolute Gasteiger partial charge is 0.360 e. The molecule has 2 aliphatic heterocycles. The number of anilines is 1. The maximum Gasteiger partial charge on any atom is 0.140 e. The Kier molecular flexibility index (Phi) is 4.01. The van der Waals surface area contributed by atoms with Gasteiger partial charge in [0.15, 0.2) is 0 Å². The van der Waals surface area contributed by atoms with Crippen LogP contribution in [0.4, 0.5) is 10.1 Å². The number of carbonyl (C=O) groups excluding carboxylic acids is 1. The third kappa shape index (κ3) is 2.60. The number of Topliss-reactive ketones (excluding diaryl/α,β-unsaturated/α-hetero) is 1. The number of fused-ring (bicyclic) bond motifs is 3. The van der Waals surface area contributed by atoms with Gasteiger partial charge in [-0.15, -0.1) is 0 Å². The maximum atomic E-state index is 13.3. The van der Waals surface area contributed by atoms with Gasteiger partial charge in [-0.05, 0) is 54.8 Å². The number of nitrogens with zero attached hydrogens (tertiary/aromatic N) is 1. The highest BCUT2D eigenvalue weighted by atomic mass is 35.5. The van der Waals surface area contributed by atoms with Crippen LogP contribution in [-0.4, -0.2) is 11.8 Å². The van der Waals surface area contributed by atoms with Gasteiger partial charge in [-0.2, -0.15) is 0 Å². The molecule has 0 aromatic heterocycles. The number of ketones is 1. The fourth-order valence-corrected chi connectivity index (χ4v) is 4.39. The van der Waals surface area contributed by atoms with Crippen molar-refractivity contribution >= 4 is 34.7 Å². The van der Waals surface area contributed by atoms with E-state index in [-0.39, 0.29) is 23.8 Å². The number of benzene rings is 2. The van der Waals surface area contributed by atoms with Gasteiger partial charge in [0.25, 0.3) is 0 Å². The molecule has 3 fully saturated rings. The summed E-state index contributed by atoms with van der Waals surface area (Å²) in [6, 6.07) is 12.1. The average Bonchev–Trinajstić information content (AvgIpc) is 2.58. The van der Waals surface area contributed by atoms with Crippen LogP contribution in [0.1, 0.15) is 30.9 Å². The number of rotatable bonds is 2. The molecule has 5 rings (SSSR count). The van der Waals surface area contributed by atoms with E-state index in [9.17, 15) is 9.18 Å². The Labute approximate surface area is 150 Å². The third-order valence-corrected chi connectivity index (χ3v) is 5.88. The molecule has 3 atom stereocenters. The van der Waals surface area contributed by atoms with Gasteiger partial charge >= 0.3 is 0 Å². The summed E-state index contributed by atoms with van der Waals surface area (Å²) < 4.78 is 13.3. The Balaban J connectivity index is 1.81. The standard InChI is InChI=1S/C19H16Cl2FNO/c20-16-8-1-11(9-17(16)21)19-15-7-6-14(10-18(15)24)23(19)13-4-2-12(22)3-5-13/h1-5,8-9,14-15,19H,6-7,10H2/t14-,15+,19-/m0/s1. The summed E-state index contributed by atoms with van der Waals surface area (Å²) in [4.78, 5) is 14.7. The van der Waals surface area contributed by atoms with Gasteiger partial charge in [-0.1, -0.05) is 29.3 Å². The Bertz CT molecular complexity index is 792. The molecule has 0 radical (unpaired) electrons. The lowest BCUT2D eigenvalue weighted by molar-refractivity contribution is -0.128. The van der Waals surface area contributed by atoms with Gasteiger partial charge in [0, 0.05) is 24.1 Å². The molecule has 3 aliphatic rings. The van der Waals surface area contributed by atoms with Gasteiger partial charge in [0.05, 0.1) is 16.1 Å². The van der Waals surface area contributed by atoms with Gasteiger partial charge in [0.2, 0.25) is 0 Å². The van der Waals surface area contributed by atoms with Crippen LogP contribution in [0.25, 0.3) is 0 Å². The van der Waals surface area contributed by atoms with E-state index in [4.69, 9.17) is 23.2 Å². The van der Waals surface area contributed by atoms with Crippen molar-refractivity contribution in [1.29, 1.82) is 0 Å². The summed E-state index contributed by atoms with van der Waals surface area (Å²) in [5.74, 6) is -0.0129. The second-order valence-electron chi connectivity index (χ2n) is 6.51. The summed E-state index contributed by atoms with van der Waals surface area (Å²) in [6.45, 7) is 0. The molecule has 0 amide bonds. The monoisotopic (exact) mass is 363 g/mol. The number of carbonyl (C=O) groups is 1. The van der Waals surface area contributed by atoms with Crippen molar-refractivity contribution in [2.24, 2.45) is 5.92 Å². The molecule has 2 aromatic rings. The first-order chi connectivity index (χ1) is 11.5. The predicted octanol–water partition coefficient (Wildman–Crippen LogP) is 5.43. The molecule has 2 heterocycles. The van der Waals surface area contributed by atoms with E-state index in [1.54, 1.807) is 18.2 Å². The van der Waals surface area contributed by atoms with E-state index in [2.05, 4.69) is 4.90 Å². The highest BCUT2D eigenvalue weighted by Crippen LogP contribution is 2.48. The van der Waals surface area contributed by atoms with E-state index < -0.39 is 0 Å². The smallest absolute Gasteiger partial charge is 0.140 e. The normalized spacial score (nSPS) is 26.0. The van der Waals surface area contributed by atoms with E-state index in [0.29, 0.717) is 22.2 Å². The van der Waals surface area contributed by atoms with Crippen LogP contribution >= 0.6 is 23.2 Å². The number of piperidine rings is 2. The van der Waals surface area contributed by atoms with Crippen LogP contribution in [-0.2, 0) is 4.79 Å². The fourth-order valence-electron chi connectivity index (χ4n) is 4.08. The van der Waals surface area contributed by atoms with Crippen LogP contribution in [0.2, 0.25) is 10.0 Å². The summed E-state index contributed by atoms with van der Waals surface area (Å²) in [5.41, 5.74) is 1.92. The quantitative estimate of drug-likeness (QED) is 0.708. The van der Waals surface area contributed by atoms with E-state index in [0.717, 1.165) is 24.1 Å². The molecule has 0 spiro atoms. The fraction of sp³-hybridized carbons (Fsp3) is 0.316. The zero-order valence-electron chi connectivity index (χ0n) is 12.9. The Hall–Kier alpha value is -1.58. The van der Waals surface area contributed by atoms with Crippen LogP contribution in [0.3, 0.4) is 0 Å². The van der Waals surface area contributed by atoms with Crippen molar-refractivity contribution in [2.75, 3.05) is 4.90 Å². The minimum atomic E-state index is -0.261. The lowest BCUT2D eigenvalue weighted by Gasteiger charge is -2.52. The zero-order valence-corrected chi connectivity index (χ0v) is 14.4. The number of halogens is 3. The SMILES string of the molecule is O=C1C[C@@H]2CC[C@H]1[C@H](c1ccc(Cl)c(Cl)c1)N2c1ccc(F)cc1. The summed E-state index contributed by atoms with van der Waals surface area (Å²) in [7, 11) is 0. The molecule has 124 valence electrons. The van der Waals surface area contributed by atoms with Crippen molar-refractivity contribution in [3.8, 4) is 0 Å². The van der Waals surface area contributed by atoms with Crippen molar-refractivity contribution in [3.05, 3.63) is 63.9 Å². The molecule has 2 bridgehead atoms. The Morgan fingerprint density at radius 3 is 2.42 bits per heavy atom. The van der Waals surface area contributed by atoms with Gasteiger partial charge in [-0.25, -0.2) is 4.39 Å². The van der Waals surface area contributed by atoms with Crippen molar-refractivity contribution in [3.63, 3.8) is 0 Å². The lowest BCUT2D eigenvalue weighted by Crippen LogP contribution is -2.54. The summed E-state index contributed by atoms with van der Waals surface area (Å²) >= 11 is 12.2. The second-order valence-corrected chi connectivity index (χ2v) is 7.32. The minimum Gasteiger partial charge on any atom is -0.360 e. The molecule has 1 saturated carbocycles. The molecular weight excluding hydrogens is 348 g/mol. The number of hydrogen-bond donors (Lipinski definition) is 0. The van der Waals surface area contributed by atoms with Crippen LogP contribution in [0, 0.1) is 11.7 Å². The predicted molar refractivity (Wildman–Crippen MR) is 94.2 cm³/mol. The molecule has 24 heavy (non-hydrogen) atoms. The van der Waals surface area contributed by atoms with Crippen LogP contribution in [0.5, 0.6) is 0 Å². The van der Waals surface area contributed by atoms with Gasteiger partial charge in [0.1, 0.15) is 11.6 Å². The molecule has 0 unspecified atom stereocenters. The maximum absolute atomic E-state index is 13.3. The molecule has 5 heteroatoms. The van der Waals surface area contributed by atoms with Crippen LogP contribution < -0.4 is 4.90 Å². The molecule has 0 N–H and O–H groups in total. The molecule has 1 aliphatic carbocycles. The minimum absolute atomic E-state index is 0.0581. The highest BCUT2D eigenvalue weighted by Gasteiger charge is 2.47. The second kappa shape index (κ2) is 6.05. The number of hydrogen-bond acceptors (Lipinski definition) is 2. The Morgan fingerprint density at radius 2 is 1.75 bits per heavy atom. The Morgan fingerprint density at radius 1 is 1.00 bits per heavy atom. The van der Waals surface area contributed by atoms with Crippen molar-refractivity contribution < 1.29 is 9.18 Å². The molecule has 2 saturated heterocycles. The molecule has 2 nitrogen and oxygen atoms in total. The third-order valence-electron chi connectivity index (χ3n) is 5.15. The van der Waals surface area contributed by atoms with E-state index >= 15 is 0 Å². The summed E-state index contributed by atoms with van der Waals surface area (Å²) in [5, 5.41) is 0.989. The first-order valence-electron chi connectivity index (χ1n) is 8.06. The van der Waals surface area contributed by atoms with E-state index in [1.807, 2.05) is 12.1 Å². The molecular formula is C19H16Cl2FNO. The van der Waals surface area contributed by atoms with E-state index in [1.165, 1.54) is 12.1 Å². The topological polar surface area (TPSA) is 20.3 Å². The van der Waals surface area contributed by atoms with Gasteiger partial charge < -0.3 is 4.90 Å². The first-order valence-corrected chi connectivity index (χ1v) is 8.82. The van der Waals surface area contributed by atoms with Crippen molar-refractivity contribution in [2.45, 2.75) is 31.3 Å². The lowest BCUT2D eigenvalue weighted by atomic mass is 9.71. The zero-order chi connectivity index (χ0) is 16.8. The van der Waals surface area contributed by atoms with Gasteiger partial charge in [-0.3, -0.25) is 4.79 Å². The highest BCUT2D eigenvalue weighted by molar-refractivity contribution is 6.42. The van der Waals surface area contributed by atoms with Crippen LogP contribution in [0.15, 0.2) is 42.5 Å². The van der Waals surface area contributed by atoms with Crippen molar-refractivity contribution in [1.82, 2.24) is 0 Å². The summed E-state index contributed by atoms with van der Waals surface area (Å²) in [6.07, 6.45) is 2.41. The first kappa shape index (κ1) is 15.9.